The van der Waals surface area contributed by atoms with Crippen LogP contribution < -0.4 is 15.0 Å². The summed E-state index contributed by atoms with van der Waals surface area (Å²) in [5.74, 6) is 0.869. The van der Waals surface area contributed by atoms with Gasteiger partial charge < -0.3 is 15.0 Å². The molecule has 4 nitrogen and oxygen atoms in total. The monoisotopic (exact) mass is 312 g/mol. The second-order valence-electron chi connectivity index (χ2n) is 4.60. The predicted octanol–water partition coefficient (Wildman–Crippen LogP) is 2.17. The summed E-state index contributed by atoms with van der Waals surface area (Å²) in [6, 6.07) is 6.03. The fourth-order valence-corrected chi connectivity index (χ4v) is 2.30. The van der Waals surface area contributed by atoms with Gasteiger partial charge in [-0.1, -0.05) is 15.9 Å². The van der Waals surface area contributed by atoms with Gasteiger partial charge in [0.2, 0.25) is 5.91 Å². The number of halogens is 1. The summed E-state index contributed by atoms with van der Waals surface area (Å²) in [6.07, 6.45) is 0. The fourth-order valence-electron chi connectivity index (χ4n) is 1.96. The highest BCUT2D eigenvalue weighted by Gasteiger charge is 2.20. The van der Waals surface area contributed by atoms with Crippen LogP contribution >= 0.6 is 15.9 Å². The van der Waals surface area contributed by atoms with E-state index < -0.39 is 0 Å². The van der Waals surface area contributed by atoms with Crippen molar-refractivity contribution in [2.24, 2.45) is 0 Å². The molecule has 0 saturated heterocycles. The Balaban J connectivity index is 2.10. The van der Waals surface area contributed by atoms with Crippen LogP contribution in [0.1, 0.15) is 13.8 Å². The zero-order chi connectivity index (χ0) is 13.1. The van der Waals surface area contributed by atoms with E-state index in [1.165, 1.54) is 0 Å². The van der Waals surface area contributed by atoms with E-state index in [0.717, 1.165) is 22.5 Å². The Morgan fingerprint density at radius 2 is 2.33 bits per heavy atom. The molecule has 0 unspecified atom stereocenters. The molecule has 1 aliphatic heterocycles. The highest BCUT2D eigenvalue weighted by molar-refractivity contribution is 9.10. The molecular weight excluding hydrogens is 296 g/mol. The number of hydrogen-bond donors (Lipinski definition) is 1. The molecule has 1 aromatic carbocycles. The van der Waals surface area contributed by atoms with Crippen molar-refractivity contribution < 1.29 is 9.53 Å². The third kappa shape index (κ3) is 3.16. The molecule has 1 aliphatic rings. The van der Waals surface area contributed by atoms with E-state index in [4.69, 9.17) is 4.74 Å². The third-order valence-corrected chi connectivity index (χ3v) is 3.16. The van der Waals surface area contributed by atoms with E-state index in [1.807, 2.05) is 36.9 Å². The molecule has 0 radical (unpaired) electrons. The van der Waals surface area contributed by atoms with Crippen LogP contribution in [0, 0.1) is 0 Å². The SMILES string of the molecule is CC(C)NC(=O)CN1CCOc2cc(Br)ccc21. The number of ether oxygens (including phenoxy) is 1. The molecule has 1 N–H and O–H groups in total. The second kappa shape index (κ2) is 5.61. The molecule has 0 spiro atoms. The minimum Gasteiger partial charge on any atom is -0.490 e. The van der Waals surface area contributed by atoms with Gasteiger partial charge in [0, 0.05) is 10.5 Å². The topological polar surface area (TPSA) is 41.6 Å². The molecule has 1 amide bonds. The Morgan fingerprint density at radius 1 is 1.56 bits per heavy atom. The maximum absolute atomic E-state index is 11.8. The summed E-state index contributed by atoms with van der Waals surface area (Å²) in [4.78, 5) is 13.8. The minimum absolute atomic E-state index is 0.0424. The van der Waals surface area contributed by atoms with E-state index in [0.29, 0.717) is 13.2 Å². The number of nitrogens with one attached hydrogen (secondary N) is 1. The van der Waals surface area contributed by atoms with Gasteiger partial charge in [-0.2, -0.15) is 0 Å². The molecule has 2 rings (SSSR count). The largest absolute Gasteiger partial charge is 0.490 e. The van der Waals surface area contributed by atoms with Gasteiger partial charge in [-0.25, -0.2) is 0 Å². The molecule has 0 atom stereocenters. The van der Waals surface area contributed by atoms with Gasteiger partial charge in [0.15, 0.2) is 0 Å². The summed E-state index contributed by atoms with van der Waals surface area (Å²) in [5, 5.41) is 2.90. The van der Waals surface area contributed by atoms with Crippen molar-refractivity contribution in [3.63, 3.8) is 0 Å². The molecule has 1 heterocycles. The van der Waals surface area contributed by atoms with Crippen LogP contribution in [0.4, 0.5) is 5.69 Å². The molecule has 0 aliphatic carbocycles. The van der Waals surface area contributed by atoms with Crippen molar-refractivity contribution in [1.29, 1.82) is 0 Å². The standard InChI is InChI=1S/C13H17BrN2O2/c1-9(2)15-13(17)8-16-5-6-18-12-7-10(14)3-4-11(12)16/h3-4,7,9H,5-6,8H2,1-2H3,(H,15,17). The number of carbonyl (C=O) groups excluding carboxylic acids is 1. The van der Waals surface area contributed by atoms with Gasteiger partial charge in [0.25, 0.3) is 0 Å². The molecule has 98 valence electrons. The van der Waals surface area contributed by atoms with Crippen molar-refractivity contribution in [2.75, 3.05) is 24.6 Å². The number of rotatable bonds is 3. The van der Waals surface area contributed by atoms with Crippen molar-refractivity contribution in [1.82, 2.24) is 5.32 Å². The summed E-state index contributed by atoms with van der Waals surface area (Å²) in [7, 11) is 0. The van der Waals surface area contributed by atoms with Crippen LogP contribution in [0.25, 0.3) is 0 Å². The fraction of sp³-hybridized carbons (Fsp3) is 0.462. The number of fused-ring (bicyclic) bond motifs is 1. The summed E-state index contributed by atoms with van der Waals surface area (Å²) in [6.45, 7) is 5.64. The molecule has 0 bridgehead atoms. The van der Waals surface area contributed by atoms with Crippen LogP contribution in [0.3, 0.4) is 0 Å². The Labute approximate surface area is 115 Å². The lowest BCUT2D eigenvalue weighted by atomic mass is 10.2. The summed E-state index contributed by atoms with van der Waals surface area (Å²) >= 11 is 3.42. The maximum Gasteiger partial charge on any atom is 0.239 e. The first-order chi connectivity index (χ1) is 8.56. The van der Waals surface area contributed by atoms with Crippen molar-refractivity contribution in [3.8, 4) is 5.75 Å². The van der Waals surface area contributed by atoms with Gasteiger partial charge >= 0.3 is 0 Å². The van der Waals surface area contributed by atoms with Gasteiger partial charge in [-0.3, -0.25) is 4.79 Å². The summed E-state index contributed by atoms with van der Waals surface area (Å²) in [5.41, 5.74) is 0.975. The minimum atomic E-state index is 0.0424. The lowest BCUT2D eigenvalue weighted by Crippen LogP contribution is -2.43. The van der Waals surface area contributed by atoms with Crippen LogP contribution in [0.15, 0.2) is 22.7 Å². The van der Waals surface area contributed by atoms with E-state index >= 15 is 0 Å². The van der Waals surface area contributed by atoms with Crippen LogP contribution in [-0.4, -0.2) is 31.6 Å². The first kappa shape index (κ1) is 13.2. The number of carbonyl (C=O) groups is 1. The molecule has 0 saturated carbocycles. The highest BCUT2D eigenvalue weighted by Crippen LogP contribution is 2.33. The van der Waals surface area contributed by atoms with Gasteiger partial charge in [-0.05, 0) is 32.0 Å². The maximum atomic E-state index is 11.8. The number of benzene rings is 1. The number of anilines is 1. The molecule has 1 aromatic rings. The Kier molecular flexibility index (Phi) is 4.11. The summed E-state index contributed by atoms with van der Waals surface area (Å²) < 4.78 is 6.58. The molecule has 0 aromatic heterocycles. The average molecular weight is 313 g/mol. The normalized spacial score (nSPS) is 14.1. The number of nitrogens with zero attached hydrogens (tertiary/aromatic N) is 1. The van der Waals surface area contributed by atoms with Crippen molar-refractivity contribution in [3.05, 3.63) is 22.7 Å². The van der Waals surface area contributed by atoms with Gasteiger partial charge in [0.05, 0.1) is 18.8 Å². The molecular formula is C13H17BrN2O2. The zero-order valence-electron chi connectivity index (χ0n) is 10.6. The van der Waals surface area contributed by atoms with E-state index in [2.05, 4.69) is 21.2 Å². The third-order valence-electron chi connectivity index (χ3n) is 2.67. The van der Waals surface area contributed by atoms with E-state index in [9.17, 15) is 4.79 Å². The van der Waals surface area contributed by atoms with E-state index in [-0.39, 0.29) is 11.9 Å². The zero-order valence-corrected chi connectivity index (χ0v) is 12.2. The van der Waals surface area contributed by atoms with Gasteiger partial charge in [-0.15, -0.1) is 0 Å². The van der Waals surface area contributed by atoms with Crippen molar-refractivity contribution in [2.45, 2.75) is 19.9 Å². The highest BCUT2D eigenvalue weighted by atomic mass is 79.9. The lowest BCUT2D eigenvalue weighted by Gasteiger charge is -2.31. The Bertz CT molecular complexity index is 449. The number of hydrogen-bond acceptors (Lipinski definition) is 3. The lowest BCUT2D eigenvalue weighted by molar-refractivity contribution is -0.120. The number of amides is 1. The molecule has 5 heteroatoms. The smallest absolute Gasteiger partial charge is 0.239 e. The predicted molar refractivity (Wildman–Crippen MR) is 75.1 cm³/mol. The van der Waals surface area contributed by atoms with Crippen LogP contribution in [-0.2, 0) is 4.79 Å². The molecule has 0 fully saturated rings. The van der Waals surface area contributed by atoms with Crippen LogP contribution in [0.2, 0.25) is 0 Å². The Hall–Kier alpha value is -1.23. The Morgan fingerprint density at radius 3 is 3.06 bits per heavy atom. The molecule has 18 heavy (non-hydrogen) atoms. The first-order valence-corrected chi connectivity index (χ1v) is 6.82. The second-order valence-corrected chi connectivity index (χ2v) is 5.52. The first-order valence-electron chi connectivity index (χ1n) is 6.03. The van der Waals surface area contributed by atoms with E-state index in [1.54, 1.807) is 0 Å². The quantitative estimate of drug-likeness (QED) is 0.930. The van der Waals surface area contributed by atoms with Crippen LogP contribution in [0.5, 0.6) is 5.75 Å². The van der Waals surface area contributed by atoms with Crippen molar-refractivity contribution >= 4 is 27.5 Å². The van der Waals surface area contributed by atoms with Gasteiger partial charge in [0.1, 0.15) is 12.4 Å². The average Bonchev–Trinajstić information content (AvgIpc) is 2.27.